The fourth-order valence-electron chi connectivity index (χ4n) is 2.33. The second-order valence-electron chi connectivity index (χ2n) is 5.47. The van der Waals surface area contributed by atoms with Crippen molar-refractivity contribution in [3.8, 4) is 5.75 Å². The lowest BCUT2D eigenvalue weighted by atomic mass is 10.3. The predicted molar refractivity (Wildman–Crippen MR) is 98.5 cm³/mol. The van der Waals surface area contributed by atoms with E-state index >= 15 is 0 Å². The Morgan fingerprint density at radius 2 is 2.12 bits per heavy atom. The third-order valence-electron chi connectivity index (χ3n) is 3.69. The quantitative estimate of drug-likeness (QED) is 0.536. The molecule has 25 heavy (non-hydrogen) atoms. The summed E-state index contributed by atoms with van der Waals surface area (Å²) in [6, 6.07) is 1.77. The van der Waals surface area contributed by atoms with E-state index in [1.54, 1.807) is 24.0 Å². The summed E-state index contributed by atoms with van der Waals surface area (Å²) in [5, 5.41) is 11.9. The normalized spacial score (nSPS) is 17.9. The lowest BCUT2D eigenvalue weighted by Gasteiger charge is -2.12. The molecule has 5 N–H and O–H groups in total. The highest BCUT2D eigenvalue weighted by atomic mass is 32.2. The Kier molecular flexibility index (Phi) is 5.51. The number of furan rings is 1. The molecule has 1 fully saturated rings. The molecule has 0 amide bonds. The van der Waals surface area contributed by atoms with Gasteiger partial charge in [-0.1, -0.05) is 0 Å². The van der Waals surface area contributed by atoms with Gasteiger partial charge in [-0.15, -0.1) is 11.3 Å². The Hall–Kier alpha value is -2.17. The molecule has 134 valence electrons. The van der Waals surface area contributed by atoms with Crippen LogP contribution in [0.3, 0.4) is 0 Å². The fraction of sp³-hybridized carbons (Fsp3) is 0.333. The van der Waals surface area contributed by atoms with E-state index in [4.69, 9.17) is 15.9 Å². The van der Waals surface area contributed by atoms with Crippen LogP contribution in [0.4, 0.5) is 5.69 Å². The number of hydrogen-bond donors (Lipinski definition) is 3. The zero-order valence-corrected chi connectivity index (χ0v) is 15.1. The monoisotopic (exact) mass is 381 g/mol. The first-order valence-electron chi connectivity index (χ1n) is 7.69. The zero-order chi connectivity index (χ0) is 17.8. The molecular weight excluding hydrogens is 362 g/mol. The van der Waals surface area contributed by atoms with Crippen LogP contribution in [-0.2, 0) is 17.5 Å². The summed E-state index contributed by atoms with van der Waals surface area (Å²) < 4.78 is 19.6. The largest absolute Gasteiger partial charge is 0.504 e. The van der Waals surface area contributed by atoms with Crippen LogP contribution in [0.15, 0.2) is 42.6 Å². The van der Waals surface area contributed by atoms with Gasteiger partial charge in [0.2, 0.25) is 0 Å². The lowest BCUT2D eigenvalue weighted by Crippen LogP contribution is -2.31. The highest BCUT2D eigenvalue weighted by Gasteiger charge is 2.24. The van der Waals surface area contributed by atoms with Crippen molar-refractivity contribution in [3.63, 3.8) is 0 Å². The predicted octanol–water partition coefficient (Wildman–Crippen LogP) is 1.71. The molecule has 0 aromatic carbocycles. The van der Waals surface area contributed by atoms with E-state index in [-0.39, 0.29) is 23.1 Å². The van der Waals surface area contributed by atoms with Gasteiger partial charge in [-0.25, -0.2) is 13.5 Å². The number of aromatic hydroxyl groups is 1. The molecule has 1 unspecified atom stereocenters. The number of aliphatic imine (C=N–C) groups is 2. The number of amidine groups is 2. The topological polar surface area (TPSA) is 130 Å². The minimum atomic E-state index is -1.38. The van der Waals surface area contributed by atoms with Crippen molar-refractivity contribution in [3.05, 3.63) is 29.5 Å². The third-order valence-corrected chi connectivity index (χ3v) is 6.50. The van der Waals surface area contributed by atoms with Gasteiger partial charge in [0.05, 0.1) is 19.1 Å². The molecular formula is C15H19N5O3S2. The van der Waals surface area contributed by atoms with E-state index in [9.17, 15) is 9.32 Å². The van der Waals surface area contributed by atoms with Crippen molar-refractivity contribution < 1.29 is 13.7 Å². The second kappa shape index (κ2) is 7.81. The molecule has 3 heterocycles. The molecule has 0 radical (unpaired) electrons. The maximum Gasteiger partial charge on any atom is 0.170 e. The molecule has 1 aliphatic rings. The standard InChI is InChI=1S/C15H19N5O3S2/c16-13(18-7-10-3-6-23-8-10)14(17)19-11-9-24-15(12(11)21)25(22)20-4-1-2-5-20/h3,6,8-9,21H,1-2,4-5,7H2,(H2,16,18)(H2,17,19). The van der Waals surface area contributed by atoms with E-state index in [1.807, 2.05) is 4.31 Å². The van der Waals surface area contributed by atoms with Gasteiger partial charge in [-0.2, -0.15) is 0 Å². The summed E-state index contributed by atoms with van der Waals surface area (Å²) in [6.45, 7) is 1.84. The van der Waals surface area contributed by atoms with Crippen LogP contribution >= 0.6 is 11.3 Å². The van der Waals surface area contributed by atoms with Gasteiger partial charge in [0.15, 0.2) is 21.6 Å². The molecule has 2 aromatic rings. The minimum Gasteiger partial charge on any atom is -0.504 e. The van der Waals surface area contributed by atoms with Gasteiger partial charge in [-0.3, -0.25) is 4.99 Å². The van der Waals surface area contributed by atoms with Gasteiger partial charge in [0, 0.05) is 24.0 Å². The molecule has 0 aliphatic carbocycles. The fourth-order valence-corrected chi connectivity index (χ4v) is 4.81. The van der Waals surface area contributed by atoms with Gasteiger partial charge in [0.25, 0.3) is 0 Å². The summed E-state index contributed by atoms with van der Waals surface area (Å²) in [4.78, 5) is 8.24. The Bertz CT molecular complexity index is 807. The van der Waals surface area contributed by atoms with E-state index in [2.05, 4.69) is 9.98 Å². The molecule has 3 rings (SSSR count). The number of nitrogens with zero attached hydrogens (tertiary/aromatic N) is 3. The number of nitrogens with two attached hydrogens (primary N) is 2. The Morgan fingerprint density at radius 3 is 2.80 bits per heavy atom. The second-order valence-corrected chi connectivity index (χ2v) is 8.03. The van der Waals surface area contributed by atoms with Crippen LogP contribution in [0, 0.1) is 0 Å². The Morgan fingerprint density at radius 1 is 1.36 bits per heavy atom. The molecule has 1 saturated heterocycles. The third kappa shape index (κ3) is 4.09. The zero-order valence-electron chi connectivity index (χ0n) is 13.4. The van der Waals surface area contributed by atoms with Crippen molar-refractivity contribution in [2.45, 2.75) is 23.6 Å². The van der Waals surface area contributed by atoms with E-state index in [0.717, 1.165) is 31.5 Å². The first-order chi connectivity index (χ1) is 12.1. The Balaban J connectivity index is 1.74. The van der Waals surface area contributed by atoms with Crippen LogP contribution in [0.1, 0.15) is 18.4 Å². The number of hydrogen-bond acceptors (Lipinski definition) is 6. The molecule has 0 bridgehead atoms. The highest BCUT2D eigenvalue weighted by molar-refractivity contribution is 7.85. The van der Waals surface area contributed by atoms with Crippen molar-refractivity contribution in [1.29, 1.82) is 0 Å². The first-order valence-corrected chi connectivity index (χ1v) is 9.67. The maximum atomic E-state index is 12.5. The maximum absolute atomic E-state index is 12.5. The molecule has 0 saturated carbocycles. The molecule has 1 atom stereocenters. The smallest absolute Gasteiger partial charge is 0.170 e. The van der Waals surface area contributed by atoms with E-state index < -0.39 is 11.0 Å². The molecule has 10 heteroatoms. The van der Waals surface area contributed by atoms with Gasteiger partial charge < -0.3 is 21.0 Å². The van der Waals surface area contributed by atoms with Gasteiger partial charge in [-0.05, 0) is 18.9 Å². The van der Waals surface area contributed by atoms with E-state index in [1.165, 1.54) is 11.3 Å². The average molecular weight is 381 g/mol. The van der Waals surface area contributed by atoms with Gasteiger partial charge >= 0.3 is 0 Å². The van der Waals surface area contributed by atoms with Crippen LogP contribution in [0.25, 0.3) is 0 Å². The molecule has 0 spiro atoms. The van der Waals surface area contributed by atoms with Crippen molar-refractivity contribution >= 4 is 39.7 Å². The number of thiophene rings is 1. The summed E-state index contributed by atoms with van der Waals surface area (Å²) >= 11 is 1.19. The SMILES string of the molecule is NC(=NCc1ccoc1)C(N)=Nc1csc(S(=O)N2CCCC2)c1O. The van der Waals surface area contributed by atoms with Crippen LogP contribution in [0.2, 0.25) is 0 Å². The molecule has 1 aliphatic heterocycles. The average Bonchev–Trinajstić information content (AvgIpc) is 3.35. The van der Waals surface area contributed by atoms with Crippen LogP contribution in [-0.4, -0.2) is 38.4 Å². The van der Waals surface area contributed by atoms with Crippen molar-refractivity contribution in [1.82, 2.24) is 4.31 Å². The van der Waals surface area contributed by atoms with Crippen molar-refractivity contribution in [2.75, 3.05) is 13.1 Å². The van der Waals surface area contributed by atoms with Crippen LogP contribution in [0.5, 0.6) is 5.75 Å². The van der Waals surface area contributed by atoms with E-state index in [0.29, 0.717) is 10.8 Å². The highest BCUT2D eigenvalue weighted by Crippen LogP contribution is 2.39. The summed E-state index contributed by atoms with van der Waals surface area (Å²) in [5.41, 5.74) is 12.8. The molecule has 8 nitrogen and oxygen atoms in total. The van der Waals surface area contributed by atoms with Crippen LogP contribution < -0.4 is 11.5 Å². The lowest BCUT2D eigenvalue weighted by molar-refractivity contribution is 0.463. The summed E-state index contributed by atoms with van der Waals surface area (Å²) in [6.07, 6.45) is 5.14. The first kappa shape index (κ1) is 17.6. The molecule has 2 aromatic heterocycles. The van der Waals surface area contributed by atoms with Crippen molar-refractivity contribution in [2.24, 2.45) is 21.5 Å². The summed E-state index contributed by atoms with van der Waals surface area (Å²) in [7, 11) is -1.38. The van der Waals surface area contributed by atoms with Gasteiger partial charge in [0.1, 0.15) is 16.7 Å². The number of rotatable bonds is 5. The summed E-state index contributed by atoms with van der Waals surface area (Å²) in [5.74, 6) is -0.0649. The Labute approximate surface area is 151 Å². The minimum absolute atomic E-state index is 0.00454.